The standard InChI is InChI=1S/C16H16N2O2S/c1-12(19)13-5-7-14(8-6-13)18-16(20)11-21-10-15-4-2-3-9-17-15/h2-9H,10-11H2,1H3,(H,18,20). The van der Waals surface area contributed by atoms with Crippen LogP contribution in [0.5, 0.6) is 0 Å². The Bertz CT molecular complexity index is 612. The number of ketones is 1. The quantitative estimate of drug-likeness (QED) is 0.833. The number of anilines is 1. The SMILES string of the molecule is CC(=O)c1ccc(NC(=O)CSCc2ccccn2)cc1. The molecule has 0 aliphatic heterocycles. The summed E-state index contributed by atoms with van der Waals surface area (Å²) in [5, 5.41) is 2.80. The molecule has 2 aromatic rings. The Labute approximate surface area is 128 Å². The summed E-state index contributed by atoms with van der Waals surface area (Å²) in [5.41, 5.74) is 2.29. The highest BCUT2D eigenvalue weighted by atomic mass is 32.2. The Kier molecular flexibility index (Phi) is 5.51. The smallest absolute Gasteiger partial charge is 0.234 e. The molecule has 1 amide bonds. The van der Waals surface area contributed by atoms with Gasteiger partial charge in [-0.1, -0.05) is 6.07 Å². The van der Waals surface area contributed by atoms with Crippen LogP contribution in [-0.4, -0.2) is 22.4 Å². The van der Waals surface area contributed by atoms with Crippen molar-refractivity contribution in [3.8, 4) is 0 Å². The number of aromatic nitrogens is 1. The molecule has 0 unspecified atom stereocenters. The molecule has 21 heavy (non-hydrogen) atoms. The summed E-state index contributed by atoms with van der Waals surface area (Å²) in [6, 6.07) is 12.6. The van der Waals surface area contributed by atoms with Gasteiger partial charge in [-0.25, -0.2) is 0 Å². The van der Waals surface area contributed by atoms with E-state index in [9.17, 15) is 9.59 Å². The van der Waals surface area contributed by atoms with E-state index in [4.69, 9.17) is 0 Å². The number of amides is 1. The maximum absolute atomic E-state index is 11.8. The lowest BCUT2D eigenvalue weighted by molar-refractivity contribution is -0.113. The van der Waals surface area contributed by atoms with Gasteiger partial charge in [0.1, 0.15) is 0 Å². The molecule has 1 aromatic carbocycles. The molecule has 0 bridgehead atoms. The van der Waals surface area contributed by atoms with Gasteiger partial charge in [0.2, 0.25) is 5.91 Å². The van der Waals surface area contributed by atoms with Crippen molar-refractivity contribution in [3.05, 3.63) is 59.9 Å². The number of pyridine rings is 1. The van der Waals surface area contributed by atoms with Crippen LogP contribution in [0.3, 0.4) is 0 Å². The van der Waals surface area contributed by atoms with Gasteiger partial charge in [-0.3, -0.25) is 14.6 Å². The van der Waals surface area contributed by atoms with Gasteiger partial charge in [0, 0.05) is 23.2 Å². The first kappa shape index (κ1) is 15.3. The van der Waals surface area contributed by atoms with E-state index in [-0.39, 0.29) is 11.7 Å². The van der Waals surface area contributed by atoms with E-state index in [1.165, 1.54) is 18.7 Å². The van der Waals surface area contributed by atoms with Gasteiger partial charge in [-0.2, -0.15) is 0 Å². The summed E-state index contributed by atoms with van der Waals surface area (Å²) in [6.45, 7) is 1.52. The van der Waals surface area contributed by atoms with E-state index >= 15 is 0 Å². The molecule has 0 aliphatic carbocycles. The van der Waals surface area contributed by atoms with Gasteiger partial charge in [-0.15, -0.1) is 11.8 Å². The van der Waals surface area contributed by atoms with E-state index in [0.29, 0.717) is 22.8 Å². The van der Waals surface area contributed by atoms with E-state index in [2.05, 4.69) is 10.3 Å². The second-order valence-corrected chi connectivity index (χ2v) is 5.48. The fourth-order valence-corrected chi connectivity index (χ4v) is 2.46. The summed E-state index contributed by atoms with van der Waals surface area (Å²) in [5.74, 6) is 1.02. The minimum absolute atomic E-state index is 0.0128. The second-order valence-electron chi connectivity index (χ2n) is 4.50. The molecule has 0 atom stereocenters. The Morgan fingerprint density at radius 1 is 1.14 bits per heavy atom. The van der Waals surface area contributed by atoms with Crippen LogP contribution in [0.2, 0.25) is 0 Å². The Balaban J connectivity index is 1.78. The van der Waals surface area contributed by atoms with Crippen LogP contribution in [0.25, 0.3) is 0 Å². The fourth-order valence-electron chi connectivity index (χ4n) is 1.72. The zero-order valence-corrected chi connectivity index (χ0v) is 12.5. The minimum atomic E-state index is -0.0634. The molecular formula is C16H16N2O2S. The summed E-state index contributed by atoms with van der Waals surface area (Å²) in [6.07, 6.45) is 1.74. The molecule has 5 heteroatoms. The second kappa shape index (κ2) is 7.59. The van der Waals surface area contributed by atoms with Crippen LogP contribution < -0.4 is 5.32 Å². The van der Waals surface area contributed by atoms with Crippen LogP contribution in [0.15, 0.2) is 48.7 Å². The topological polar surface area (TPSA) is 59.1 Å². The molecule has 0 fully saturated rings. The number of thioether (sulfide) groups is 1. The lowest BCUT2D eigenvalue weighted by Crippen LogP contribution is -2.14. The predicted octanol–water partition coefficient (Wildman–Crippen LogP) is 3.16. The lowest BCUT2D eigenvalue weighted by Gasteiger charge is -2.05. The number of nitrogens with one attached hydrogen (secondary N) is 1. The Morgan fingerprint density at radius 2 is 1.90 bits per heavy atom. The molecule has 1 N–H and O–H groups in total. The number of carbonyl (C=O) groups is 2. The number of benzene rings is 1. The molecule has 1 heterocycles. The average molecular weight is 300 g/mol. The van der Waals surface area contributed by atoms with Crippen LogP contribution in [0.1, 0.15) is 23.0 Å². The summed E-state index contributed by atoms with van der Waals surface area (Å²) < 4.78 is 0. The molecular weight excluding hydrogens is 284 g/mol. The zero-order chi connectivity index (χ0) is 15.1. The molecule has 0 saturated carbocycles. The summed E-state index contributed by atoms with van der Waals surface area (Å²) in [4.78, 5) is 27.2. The van der Waals surface area contributed by atoms with E-state index < -0.39 is 0 Å². The van der Waals surface area contributed by atoms with E-state index in [1.54, 1.807) is 30.5 Å². The largest absolute Gasteiger partial charge is 0.325 e. The zero-order valence-electron chi connectivity index (χ0n) is 11.7. The van der Waals surface area contributed by atoms with Gasteiger partial charge in [0.15, 0.2) is 5.78 Å². The van der Waals surface area contributed by atoms with E-state index in [1.807, 2.05) is 18.2 Å². The molecule has 0 spiro atoms. The van der Waals surface area contributed by atoms with Crippen LogP contribution in [-0.2, 0) is 10.5 Å². The summed E-state index contributed by atoms with van der Waals surface area (Å²) >= 11 is 1.51. The molecule has 2 rings (SSSR count). The number of rotatable bonds is 6. The molecule has 4 nitrogen and oxygen atoms in total. The van der Waals surface area contributed by atoms with Crippen molar-refractivity contribution in [2.24, 2.45) is 0 Å². The number of hydrogen-bond acceptors (Lipinski definition) is 4. The maximum Gasteiger partial charge on any atom is 0.234 e. The number of hydrogen-bond donors (Lipinski definition) is 1. The van der Waals surface area contributed by atoms with Gasteiger partial charge in [0.05, 0.1) is 11.4 Å². The summed E-state index contributed by atoms with van der Waals surface area (Å²) in [7, 11) is 0. The van der Waals surface area contributed by atoms with Gasteiger partial charge in [0.25, 0.3) is 0 Å². The van der Waals surface area contributed by atoms with Crippen molar-refractivity contribution in [1.82, 2.24) is 4.98 Å². The van der Waals surface area contributed by atoms with Crippen molar-refractivity contribution in [1.29, 1.82) is 0 Å². The highest BCUT2D eigenvalue weighted by molar-refractivity contribution is 7.99. The number of nitrogens with zero attached hydrogens (tertiary/aromatic N) is 1. The van der Waals surface area contributed by atoms with Crippen LogP contribution in [0.4, 0.5) is 5.69 Å². The van der Waals surface area contributed by atoms with Crippen molar-refractivity contribution < 1.29 is 9.59 Å². The highest BCUT2D eigenvalue weighted by Gasteiger charge is 2.04. The Morgan fingerprint density at radius 3 is 2.52 bits per heavy atom. The average Bonchev–Trinajstić information content (AvgIpc) is 2.49. The van der Waals surface area contributed by atoms with Crippen molar-refractivity contribution in [3.63, 3.8) is 0 Å². The third-order valence-corrected chi connectivity index (χ3v) is 3.75. The minimum Gasteiger partial charge on any atom is -0.325 e. The van der Waals surface area contributed by atoms with Crippen molar-refractivity contribution in [2.45, 2.75) is 12.7 Å². The molecule has 0 saturated heterocycles. The maximum atomic E-state index is 11.8. The number of Topliss-reactive ketones (excluding diaryl/α,β-unsaturated/α-hetero) is 1. The number of carbonyl (C=O) groups excluding carboxylic acids is 2. The molecule has 0 aliphatic rings. The van der Waals surface area contributed by atoms with Gasteiger partial charge < -0.3 is 5.32 Å². The first-order valence-electron chi connectivity index (χ1n) is 6.53. The van der Waals surface area contributed by atoms with E-state index in [0.717, 1.165) is 5.69 Å². The van der Waals surface area contributed by atoms with Gasteiger partial charge in [-0.05, 0) is 43.3 Å². The third-order valence-electron chi connectivity index (χ3n) is 2.78. The first-order chi connectivity index (χ1) is 10.1. The normalized spacial score (nSPS) is 10.1. The molecule has 108 valence electrons. The van der Waals surface area contributed by atoms with Crippen LogP contribution in [0, 0.1) is 0 Å². The fraction of sp³-hybridized carbons (Fsp3) is 0.188. The van der Waals surface area contributed by atoms with Gasteiger partial charge >= 0.3 is 0 Å². The lowest BCUT2D eigenvalue weighted by atomic mass is 10.1. The first-order valence-corrected chi connectivity index (χ1v) is 7.69. The molecule has 1 aromatic heterocycles. The van der Waals surface area contributed by atoms with Crippen LogP contribution >= 0.6 is 11.8 Å². The van der Waals surface area contributed by atoms with Crippen molar-refractivity contribution >= 4 is 29.1 Å². The predicted molar refractivity (Wildman–Crippen MR) is 85.5 cm³/mol. The third kappa shape index (κ3) is 5.04. The highest BCUT2D eigenvalue weighted by Crippen LogP contribution is 2.13. The monoisotopic (exact) mass is 300 g/mol. The van der Waals surface area contributed by atoms with Crippen molar-refractivity contribution in [2.75, 3.05) is 11.1 Å². The Hall–Kier alpha value is -2.14. The molecule has 0 radical (unpaired) electrons.